The van der Waals surface area contributed by atoms with Crippen molar-refractivity contribution < 1.29 is 4.74 Å². The van der Waals surface area contributed by atoms with Crippen molar-refractivity contribution in [2.45, 2.75) is 45.4 Å². The van der Waals surface area contributed by atoms with Gasteiger partial charge in [-0.25, -0.2) is 4.98 Å². The van der Waals surface area contributed by atoms with Gasteiger partial charge in [0.25, 0.3) is 0 Å². The summed E-state index contributed by atoms with van der Waals surface area (Å²) >= 11 is 0. The fourth-order valence-corrected chi connectivity index (χ4v) is 1.43. The van der Waals surface area contributed by atoms with E-state index in [-0.39, 0.29) is 6.10 Å². The van der Waals surface area contributed by atoms with Crippen molar-refractivity contribution in [3.05, 3.63) is 23.9 Å². The molecule has 0 bridgehead atoms. The number of nitrogens with zero attached hydrogens (tertiary/aromatic N) is 1. The normalized spacial score (nSPS) is 15.7. The molecule has 1 saturated carbocycles. The maximum atomic E-state index is 5.65. The minimum absolute atomic E-state index is 0.180. The van der Waals surface area contributed by atoms with E-state index in [4.69, 9.17) is 4.74 Å². The van der Waals surface area contributed by atoms with Crippen LogP contribution < -0.4 is 10.1 Å². The molecule has 0 spiro atoms. The number of rotatable bonds is 5. The number of hydrogen-bond donors (Lipinski definition) is 1. The summed E-state index contributed by atoms with van der Waals surface area (Å²) < 4.78 is 5.65. The van der Waals surface area contributed by atoms with Crippen LogP contribution in [0, 0.1) is 0 Å². The second-order valence-electron chi connectivity index (χ2n) is 4.29. The van der Waals surface area contributed by atoms with E-state index in [1.807, 2.05) is 19.9 Å². The first-order valence-electron chi connectivity index (χ1n) is 5.59. The molecule has 1 heterocycles. The van der Waals surface area contributed by atoms with E-state index in [9.17, 15) is 0 Å². The summed E-state index contributed by atoms with van der Waals surface area (Å²) in [6.07, 6.45) is 4.57. The zero-order chi connectivity index (χ0) is 10.7. The van der Waals surface area contributed by atoms with Crippen LogP contribution in [-0.2, 0) is 6.54 Å². The second-order valence-corrected chi connectivity index (χ2v) is 4.29. The Bertz CT molecular complexity index is 321. The average Bonchev–Trinajstić information content (AvgIpc) is 2.99. The van der Waals surface area contributed by atoms with Gasteiger partial charge in [0.2, 0.25) is 5.88 Å². The molecule has 0 unspecified atom stereocenters. The lowest BCUT2D eigenvalue weighted by molar-refractivity contribution is 0.229. The van der Waals surface area contributed by atoms with Gasteiger partial charge < -0.3 is 10.1 Å². The Hall–Kier alpha value is -1.09. The molecular weight excluding hydrogens is 188 g/mol. The molecule has 3 heteroatoms. The van der Waals surface area contributed by atoms with E-state index in [1.165, 1.54) is 12.8 Å². The number of ether oxygens (including phenoxy) is 1. The van der Waals surface area contributed by atoms with Crippen molar-refractivity contribution in [1.29, 1.82) is 0 Å². The van der Waals surface area contributed by atoms with Crippen molar-refractivity contribution in [3.8, 4) is 5.88 Å². The van der Waals surface area contributed by atoms with Crippen LogP contribution in [0.5, 0.6) is 5.88 Å². The molecule has 0 aliphatic heterocycles. The number of pyridine rings is 1. The van der Waals surface area contributed by atoms with E-state index >= 15 is 0 Å². The fourth-order valence-electron chi connectivity index (χ4n) is 1.43. The van der Waals surface area contributed by atoms with Crippen LogP contribution in [0.1, 0.15) is 32.3 Å². The van der Waals surface area contributed by atoms with Gasteiger partial charge in [-0.15, -0.1) is 0 Å². The first kappa shape index (κ1) is 10.4. The summed E-state index contributed by atoms with van der Waals surface area (Å²) in [6, 6.07) is 4.74. The number of hydrogen-bond acceptors (Lipinski definition) is 3. The summed E-state index contributed by atoms with van der Waals surface area (Å²) in [5.74, 6) is 0.764. The third-order valence-corrected chi connectivity index (χ3v) is 2.36. The first-order chi connectivity index (χ1) is 7.25. The SMILES string of the molecule is CC(C)Oc1ncccc1CNC1CC1. The predicted molar refractivity (Wildman–Crippen MR) is 59.9 cm³/mol. The van der Waals surface area contributed by atoms with Crippen LogP contribution in [-0.4, -0.2) is 17.1 Å². The van der Waals surface area contributed by atoms with Crippen LogP contribution in [0.3, 0.4) is 0 Å². The second kappa shape index (κ2) is 4.62. The molecule has 82 valence electrons. The van der Waals surface area contributed by atoms with Gasteiger partial charge in [-0.2, -0.15) is 0 Å². The summed E-state index contributed by atoms with van der Waals surface area (Å²) in [7, 11) is 0. The van der Waals surface area contributed by atoms with Crippen LogP contribution in [0.25, 0.3) is 0 Å². The Labute approximate surface area is 90.9 Å². The van der Waals surface area contributed by atoms with Gasteiger partial charge in [0.05, 0.1) is 6.10 Å². The van der Waals surface area contributed by atoms with Crippen molar-refractivity contribution in [3.63, 3.8) is 0 Å². The highest BCUT2D eigenvalue weighted by Crippen LogP contribution is 2.21. The van der Waals surface area contributed by atoms with Crippen LogP contribution in [0.15, 0.2) is 18.3 Å². The first-order valence-corrected chi connectivity index (χ1v) is 5.59. The van der Waals surface area contributed by atoms with Gasteiger partial charge in [-0.3, -0.25) is 0 Å². The molecule has 0 radical (unpaired) electrons. The molecule has 1 aliphatic carbocycles. The Balaban J connectivity index is 1.99. The van der Waals surface area contributed by atoms with E-state index in [2.05, 4.69) is 16.4 Å². The maximum absolute atomic E-state index is 5.65. The monoisotopic (exact) mass is 206 g/mol. The summed E-state index contributed by atoms with van der Waals surface area (Å²) in [6.45, 7) is 4.90. The molecule has 15 heavy (non-hydrogen) atoms. The highest BCUT2D eigenvalue weighted by atomic mass is 16.5. The maximum Gasteiger partial charge on any atom is 0.218 e. The number of aromatic nitrogens is 1. The highest BCUT2D eigenvalue weighted by molar-refractivity contribution is 5.25. The van der Waals surface area contributed by atoms with Crippen molar-refractivity contribution in [2.24, 2.45) is 0 Å². The molecule has 0 amide bonds. The van der Waals surface area contributed by atoms with Gasteiger partial charge in [0.1, 0.15) is 0 Å². The lowest BCUT2D eigenvalue weighted by atomic mass is 10.2. The quantitative estimate of drug-likeness (QED) is 0.801. The molecule has 3 nitrogen and oxygen atoms in total. The Kier molecular flexibility index (Phi) is 3.21. The lowest BCUT2D eigenvalue weighted by Gasteiger charge is -2.12. The van der Waals surface area contributed by atoms with Gasteiger partial charge in [-0.1, -0.05) is 6.07 Å². The van der Waals surface area contributed by atoms with Gasteiger partial charge >= 0.3 is 0 Å². The topological polar surface area (TPSA) is 34.1 Å². The minimum atomic E-state index is 0.180. The van der Waals surface area contributed by atoms with E-state index in [0.29, 0.717) is 0 Å². The molecule has 1 N–H and O–H groups in total. The molecule has 1 aromatic heterocycles. The van der Waals surface area contributed by atoms with Gasteiger partial charge in [-0.05, 0) is 32.8 Å². The number of nitrogens with one attached hydrogen (secondary N) is 1. The van der Waals surface area contributed by atoms with Crippen LogP contribution in [0.2, 0.25) is 0 Å². The van der Waals surface area contributed by atoms with Crippen molar-refractivity contribution in [1.82, 2.24) is 10.3 Å². The van der Waals surface area contributed by atoms with Crippen molar-refractivity contribution in [2.75, 3.05) is 0 Å². The van der Waals surface area contributed by atoms with Crippen molar-refractivity contribution >= 4 is 0 Å². The van der Waals surface area contributed by atoms with E-state index < -0.39 is 0 Å². The van der Waals surface area contributed by atoms with Gasteiger partial charge in [0, 0.05) is 24.3 Å². The summed E-state index contributed by atoms with van der Waals surface area (Å²) in [5, 5.41) is 3.47. The van der Waals surface area contributed by atoms with Crippen LogP contribution >= 0.6 is 0 Å². The fraction of sp³-hybridized carbons (Fsp3) is 0.583. The van der Waals surface area contributed by atoms with E-state index in [0.717, 1.165) is 24.0 Å². The lowest BCUT2D eigenvalue weighted by Crippen LogP contribution is -2.17. The smallest absolute Gasteiger partial charge is 0.218 e. The largest absolute Gasteiger partial charge is 0.475 e. The minimum Gasteiger partial charge on any atom is -0.475 e. The zero-order valence-corrected chi connectivity index (χ0v) is 9.36. The Morgan fingerprint density at radius 1 is 1.53 bits per heavy atom. The highest BCUT2D eigenvalue weighted by Gasteiger charge is 2.20. The predicted octanol–water partition coefficient (Wildman–Crippen LogP) is 2.12. The average molecular weight is 206 g/mol. The summed E-state index contributed by atoms with van der Waals surface area (Å²) in [4.78, 5) is 4.25. The Morgan fingerprint density at radius 3 is 3.00 bits per heavy atom. The third kappa shape index (κ3) is 3.20. The molecule has 1 fully saturated rings. The standard InChI is InChI=1S/C12H18N2O/c1-9(2)15-12-10(4-3-7-13-12)8-14-11-5-6-11/h3-4,7,9,11,14H,5-6,8H2,1-2H3. The molecule has 1 aliphatic rings. The third-order valence-electron chi connectivity index (χ3n) is 2.36. The molecule has 0 aromatic carbocycles. The molecule has 1 aromatic rings. The van der Waals surface area contributed by atoms with Gasteiger partial charge in [0.15, 0.2) is 0 Å². The molecule has 0 atom stereocenters. The molecule has 0 saturated heterocycles. The summed E-state index contributed by atoms with van der Waals surface area (Å²) in [5.41, 5.74) is 1.15. The molecule has 2 rings (SSSR count). The zero-order valence-electron chi connectivity index (χ0n) is 9.36. The van der Waals surface area contributed by atoms with Crippen LogP contribution in [0.4, 0.5) is 0 Å². The molecular formula is C12H18N2O. The Morgan fingerprint density at radius 2 is 2.33 bits per heavy atom. The van der Waals surface area contributed by atoms with E-state index in [1.54, 1.807) is 6.20 Å².